The van der Waals surface area contributed by atoms with Crippen LogP contribution in [0, 0.1) is 0 Å². The van der Waals surface area contributed by atoms with Gasteiger partial charge in [0.15, 0.2) is 6.29 Å². The summed E-state index contributed by atoms with van der Waals surface area (Å²) in [6.07, 6.45) is 8.85. The predicted octanol–water partition coefficient (Wildman–Crippen LogP) is 8.22. The highest BCUT2D eigenvalue weighted by atomic mass is 16.7. The van der Waals surface area contributed by atoms with Gasteiger partial charge in [-0.2, -0.15) is 0 Å². The van der Waals surface area contributed by atoms with Crippen LogP contribution < -0.4 is 16.4 Å². The van der Waals surface area contributed by atoms with E-state index in [0.29, 0.717) is 49.6 Å². The number of carbonyl (C=O) groups excluding carboxylic acids is 2. The van der Waals surface area contributed by atoms with Gasteiger partial charge in [0, 0.05) is 50.5 Å². The summed E-state index contributed by atoms with van der Waals surface area (Å²) in [5, 5.41) is 15.5. The first-order valence-electron chi connectivity index (χ1n) is 19.3. The lowest BCUT2D eigenvalue weighted by Gasteiger charge is -2.39. The van der Waals surface area contributed by atoms with Gasteiger partial charge in [-0.05, 0) is 77.8 Å². The smallest absolute Gasteiger partial charge is 0.224 e. The highest BCUT2D eigenvalue weighted by Gasteiger charge is 2.34. The Morgan fingerprint density at radius 1 is 0.833 bits per heavy atom. The topological polar surface area (TPSA) is 126 Å². The Labute approximate surface area is 319 Å². The Balaban J connectivity index is 1.07. The quantitative estimate of drug-likeness (QED) is 0.0490. The van der Waals surface area contributed by atoms with Gasteiger partial charge in [-0.3, -0.25) is 14.5 Å². The summed E-state index contributed by atoms with van der Waals surface area (Å²) in [4.78, 5) is 27.5. The molecule has 0 radical (unpaired) electrons. The number of hydrogen-bond donors (Lipinski definition) is 4. The first-order valence-corrected chi connectivity index (χ1v) is 19.3. The second kappa shape index (κ2) is 19.5. The molecule has 1 saturated heterocycles. The number of amides is 2. The van der Waals surface area contributed by atoms with E-state index in [2.05, 4.69) is 64.6 Å². The number of nitrogens with zero attached hydrogens (tertiary/aromatic N) is 1. The lowest BCUT2D eigenvalue weighted by Crippen LogP contribution is -2.43. The molecule has 4 aromatic carbocycles. The third-order valence-corrected chi connectivity index (χ3v) is 10.5. The molecule has 1 saturated carbocycles. The van der Waals surface area contributed by atoms with Crippen LogP contribution in [-0.4, -0.2) is 47.1 Å². The van der Waals surface area contributed by atoms with Gasteiger partial charge in [0.2, 0.25) is 11.8 Å². The van der Waals surface area contributed by atoms with Crippen molar-refractivity contribution in [3.05, 3.63) is 132 Å². The van der Waals surface area contributed by atoms with Gasteiger partial charge in [0.25, 0.3) is 0 Å². The summed E-state index contributed by atoms with van der Waals surface area (Å²) in [6.45, 7) is 6.11. The minimum Gasteiger partial charge on any atom is -0.397 e. The van der Waals surface area contributed by atoms with Crippen molar-refractivity contribution in [3.8, 4) is 11.1 Å². The number of carbonyl (C=O) groups is 2. The number of aliphatic hydroxyl groups excluding tert-OH is 1. The summed E-state index contributed by atoms with van der Waals surface area (Å²) < 4.78 is 13.5. The number of rotatable bonds is 17. The van der Waals surface area contributed by atoms with Crippen LogP contribution in [0.4, 0.5) is 11.4 Å². The van der Waals surface area contributed by atoms with Gasteiger partial charge in [-0.25, -0.2) is 0 Å². The number of benzene rings is 4. The number of anilines is 2. The highest BCUT2D eigenvalue weighted by molar-refractivity contribution is 5.93. The molecule has 5 N–H and O–H groups in total. The minimum atomic E-state index is -0.551. The zero-order chi connectivity index (χ0) is 37.7. The molecule has 2 amide bonds. The molecule has 2 aliphatic rings. The Morgan fingerprint density at radius 2 is 1.56 bits per heavy atom. The number of ether oxygens (including phenoxy) is 2. The fourth-order valence-corrected chi connectivity index (χ4v) is 7.51. The third-order valence-electron chi connectivity index (χ3n) is 10.5. The van der Waals surface area contributed by atoms with E-state index < -0.39 is 6.29 Å². The van der Waals surface area contributed by atoms with Gasteiger partial charge in [0.1, 0.15) is 0 Å². The molecule has 2 fully saturated rings. The van der Waals surface area contributed by atoms with Gasteiger partial charge in [-0.1, -0.05) is 91.7 Å². The van der Waals surface area contributed by atoms with E-state index in [1.165, 1.54) is 25.7 Å². The first-order chi connectivity index (χ1) is 26.4. The maximum Gasteiger partial charge on any atom is 0.224 e. The average molecular weight is 731 g/mol. The molecule has 0 spiro atoms. The van der Waals surface area contributed by atoms with E-state index in [1.807, 2.05) is 48.5 Å². The van der Waals surface area contributed by atoms with Gasteiger partial charge in [0.05, 0.1) is 30.2 Å². The number of para-hydroxylation sites is 2. The van der Waals surface area contributed by atoms with Gasteiger partial charge >= 0.3 is 0 Å². The summed E-state index contributed by atoms with van der Waals surface area (Å²) in [7, 11) is 0. The molecule has 9 nitrogen and oxygen atoms in total. The monoisotopic (exact) mass is 730 g/mol. The van der Waals surface area contributed by atoms with Crippen LogP contribution in [0.25, 0.3) is 11.1 Å². The van der Waals surface area contributed by atoms with Crippen LogP contribution >= 0.6 is 0 Å². The van der Waals surface area contributed by atoms with E-state index in [0.717, 1.165) is 52.9 Å². The van der Waals surface area contributed by atoms with E-state index in [-0.39, 0.29) is 30.6 Å². The number of unbranched alkanes of at least 4 members (excludes halogenated alkanes) is 1. The van der Waals surface area contributed by atoms with Crippen molar-refractivity contribution in [1.82, 2.24) is 10.2 Å². The van der Waals surface area contributed by atoms with Crippen LogP contribution in [0.5, 0.6) is 0 Å². The van der Waals surface area contributed by atoms with E-state index >= 15 is 0 Å². The van der Waals surface area contributed by atoms with Crippen molar-refractivity contribution >= 4 is 23.2 Å². The number of hydrogen-bond acceptors (Lipinski definition) is 7. The summed E-state index contributed by atoms with van der Waals surface area (Å²) in [5.74, 6) is -0.158. The fourth-order valence-electron chi connectivity index (χ4n) is 7.51. The zero-order valence-corrected chi connectivity index (χ0v) is 31.1. The highest BCUT2D eigenvalue weighted by Crippen LogP contribution is 2.39. The molecule has 0 unspecified atom stereocenters. The van der Waals surface area contributed by atoms with Crippen LogP contribution in [0.3, 0.4) is 0 Å². The summed E-state index contributed by atoms with van der Waals surface area (Å²) in [6, 6.07) is 32.3. The number of nitrogens with two attached hydrogens (primary N) is 1. The van der Waals surface area contributed by atoms with Crippen molar-refractivity contribution in [1.29, 1.82) is 0 Å². The lowest BCUT2D eigenvalue weighted by molar-refractivity contribution is -0.253. The number of nitrogen functional groups attached to an aromatic ring is 1. The van der Waals surface area contributed by atoms with Crippen molar-refractivity contribution < 1.29 is 24.2 Å². The van der Waals surface area contributed by atoms with Crippen LogP contribution in [0.15, 0.2) is 110 Å². The van der Waals surface area contributed by atoms with E-state index in [9.17, 15) is 14.7 Å². The molecule has 1 aliphatic carbocycles. The predicted molar refractivity (Wildman–Crippen MR) is 214 cm³/mol. The van der Waals surface area contributed by atoms with Crippen molar-refractivity contribution in [3.63, 3.8) is 0 Å². The molecule has 54 heavy (non-hydrogen) atoms. The van der Waals surface area contributed by atoms with E-state index in [1.54, 1.807) is 12.1 Å². The van der Waals surface area contributed by atoms with Crippen molar-refractivity contribution in [2.75, 3.05) is 24.1 Å². The standard InChI is InChI=1S/C45H54N4O5/c1-2-25-49(38-15-3-4-16-38)30-39-28-42(34-23-21-32(31-50)22-24-34)54-45(53-39)37-14-10-13-36(27-37)35-12-9-11-33(26-35)29-47-43(51)19-7-8-20-44(52)48-41-18-6-5-17-40(41)46/h2,5-6,9-14,17-18,21-24,26-27,38-39,42,45,50H,1,3-4,7-8,15-16,19-20,25,28-31,46H2,(H,47,51)(H,48,52)/t39-,42+,45+/m0/s1. The zero-order valence-electron chi connectivity index (χ0n) is 31.1. The van der Waals surface area contributed by atoms with Gasteiger partial charge in [-0.15, -0.1) is 6.58 Å². The Kier molecular flexibility index (Phi) is 14.1. The summed E-state index contributed by atoms with van der Waals surface area (Å²) >= 11 is 0. The van der Waals surface area contributed by atoms with E-state index in [4.69, 9.17) is 15.2 Å². The van der Waals surface area contributed by atoms with Crippen LogP contribution in [0.2, 0.25) is 0 Å². The first kappa shape index (κ1) is 38.9. The maximum atomic E-state index is 12.7. The van der Waals surface area contributed by atoms with Crippen molar-refractivity contribution in [2.24, 2.45) is 0 Å². The number of aliphatic hydroxyl groups is 1. The molecule has 3 atom stereocenters. The number of nitrogens with one attached hydrogen (secondary N) is 2. The molecule has 6 rings (SSSR count). The Bertz CT molecular complexity index is 1840. The molecular weight excluding hydrogens is 677 g/mol. The second-order valence-corrected chi connectivity index (χ2v) is 14.5. The Morgan fingerprint density at radius 3 is 2.30 bits per heavy atom. The largest absolute Gasteiger partial charge is 0.397 e. The molecular formula is C45H54N4O5. The normalized spacial score (nSPS) is 18.7. The molecule has 284 valence electrons. The SMILES string of the molecule is C=CCN(C[C@@H]1C[C@H](c2ccc(CO)cc2)O[C@H](c2cccc(-c3cccc(CNC(=O)CCCCC(=O)Nc4ccccc4N)c3)c2)O1)C1CCCC1. The van der Waals surface area contributed by atoms with Gasteiger partial charge < -0.3 is 30.9 Å². The molecule has 1 aliphatic heterocycles. The molecule has 1 heterocycles. The molecule has 4 aromatic rings. The van der Waals surface area contributed by atoms with Crippen molar-refractivity contribution in [2.45, 2.75) is 95.5 Å². The lowest BCUT2D eigenvalue weighted by atomic mass is 9.98. The van der Waals surface area contributed by atoms with Crippen LogP contribution in [0.1, 0.15) is 92.4 Å². The Hall–Kier alpha value is -4.80. The average Bonchev–Trinajstić information content (AvgIpc) is 3.75. The molecule has 0 aromatic heterocycles. The molecule has 0 bridgehead atoms. The maximum absolute atomic E-state index is 12.7. The third kappa shape index (κ3) is 10.9. The van der Waals surface area contributed by atoms with Crippen LogP contribution in [-0.2, 0) is 32.2 Å². The minimum absolute atomic E-state index is 0.00637. The summed E-state index contributed by atoms with van der Waals surface area (Å²) in [5.41, 5.74) is 13.0. The molecule has 9 heteroatoms. The second-order valence-electron chi connectivity index (χ2n) is 14.5. The fraction of sp³-hybridized carbons (Fsp3) is 0.378.